The molecule has 0 aliphatic heterocycles. The van der Waals surface area contributed by atoms with Gasteiger partial charge in [-0.1, -0.05) is 6.92 Å². The molecule has 0 unspecified atom stereocenters. The molecule has 3 rings (SSSR count). The first-order chi connectivity index (χ1) is 10.9. The Kier molecular flexibility index (Phi) is 3.82. The third-order valence-electron chi connectivity index (χ3n) is 3.86. The normalized spacial score (nSPS) is 16.8. The fraction of sp³-hybridized carbons (Fsp3) is 0.235. The molecule has 0 saturated carbocycles. The number of anilines is 1. The fourth-order valence-electron chi connectivity index (χ4n) is 2.73. The molecule has 1 aromatic carbocycles. The van der Waals surface area contributed by atoms with Gasteiger partial charge in [0, 0.05) is 23.4 Å². The van der Waals surface area contributed by atoms with Crippen LogP contribution in [0.15, 0.2) is 35.1 Å². The van der Waals surface area contributed by atoms with Crippen molar-refractivity contribution in [3.05, 3.63) is 63.3 Å². The fourth-order valence-corrected chi connectivity index (χ4v) is 2.73. The topological polar surface area (TPSA) is 79.0 Å². The van der Waals surface area contributed by atoms with Crippen LogP contribution in [0.3, 0.4) is 0 Å². The van der Waals surface area contributed by atoms with E-state index in [9.17, 15) is 18.8 Å². The van der Waals surface area contributed by atoms with Crippen molar-refractivity contribution in [3.63, 3.8) is 0 Å². The van der Waals surface area contributed by atoms with Crippen LogP contribution in [-0.2, 0) is 6.42 Å². The zero-order valence-corrected chi connectivity index (χ0v) is 12.5. The maximum atomic E-state index is 12.9. The lowest BCUT2D eigenvalue weighted by Crippen LogP contribution is -2.29. The first-order valence-electron chi connectivity index (χ1n) is 7.30. The van der Waals surface area contributed by atoms with Crippen LogP contribution < -0.4 is 10.9 Å². The lowest BCUT2D eigenvalue weighted by molar-refractivity contribution is 0.0952. The Morgan fingerprint density at radius 3 is 2.61 bits per heavy atom. The maximum absolute atomic E-state index is 12.9. The Labute approximate surface area is 131 Å². The van der Waals surface area contributed by atoms with Gasteiger partial charge in [0.25, 0.3) is 11.5 Å². The monoisotopic (exact) mass is 314 g/mol. The van der Waals surface area contributed by atoms with Crippen molar-refractivity contribution in [2.45, 2.75) is 19.8 Å². The minimum Gasteiger partial charge on any atom is -0.325 e. The number of H-pyrrole nitrogens is 1. The summed E-state index contributed by atoms with van der Waals surface area (Å²) in [6, 6.07) is 6.55. The summed E-state index contributed by atoms with van der Waals surface area (Å²) in [5.41, 5.74) is 0.679. The molecule has 0 fully saturated rings. The molecule has 2 N–H and O–H groups in total. The number of pyridine rings is 1. The number of fused-ring (bicyclic) bond motifs is 1. The van der Waals surface area contributed by atoms with Gasteiger partial charge in [-0.15, -0.1) is 0 Å². The molecule has 0 radical (unpaired) electrons. The van der Waals surface area contributed by atoms with E-state index in [-0.39, 0.29) is 17.3 Å². The Hall–Kier alpha value is -2.76. The van der Waals surface area contributed by atoms with Crippen LogP contribution in [0, 0.1) is 11.7 Å². The van der Waals surface area contributed by atoms with Gasteiger partial charge < -0.3 is 10.3 Å². The summed E-state index contributed by atoms with van der Waals surface area (Å²) in [7, 11) is 0. The first kappa shape index (κ1) is 15.1. The maximum Gasteiger partial charge on any atom is 0.261 e. The van der Waals surface area contributed by atoms with Crippen LogP contribution in [0.1, 0.15) is 39.8 Å². The van der Waals surface area contributed by atoms with Crippen molar-refractivity contribution < 1.29 is 14.0 Å². The van der Waals surface area contributed by atoms with Crippen LogP contribution in [0.4, 0.5) is 10.1 Å². The highest BCUT2D eigenvalue weighted by molar-refractivity contribution is 6.06. The minimum absolute atomic E-state index is 0.0779. The van der Waals surface area contributed by atoms with Crippen LogP contribution in [-0.4, -0.2) is 16.7 Å². The van der Waals surface area contributed by atoms with Crippen LogP contribution in [0.25, 0.3) is 0 Å². The Morgan fingerprint density at radius 2 is 1.91 bits per heavy atom. The summed E-state index contributed by atoms with van der Waals surface area (Å²) < 4.78 is 12.9. The van der Waals surface area contributed by atoms with Gasteiger partial charge in [0.15, 0.2) is 5.78 Å². The Balaban J connectivity index is 1.92. The molecule has 1 aromatic heterocycles. The zero-order chi connectivity index (χ0) is 16.6. The van der Waals surface area contributed by atoms with Crippen molar-refractivity contribution in [3.8, 4) is 0 Å². The lowest BCUT2D eigenvalue weighted by atomic mass is 9.86. The average molecular weight is 314 g/mol. The Morgan fingerprint density at radius 1 is 1.22 bits per heavy atom. The van der Waals surface area contributed by atoms with Crippen molar-refractivity contribution in [2.24, 2.45) is 5.92 Å². The number of aromatic nitrogens is 1. The molecule has 2 aromatic rings. The van der Waals surface area contributed by atoms with E-state index in [0.29, 0.717) is 29.8 Å². The van der Waals surface area contributed by atoms with Gasteiger partial charge >= 0.3 is 0 Å². The first-order valence-corrected chi connectivity index (χ1v) is 7.30. The number of benzene rings is 1. The molecule has 0 saturated heterocycles. The molecule has 0 spiro atoms. The van der Waals surface area contributed by atoms with Crippen LogP contribution >= 0.6 is 0 Å². The van der Waals surface area contributed by atoms with Gasteiger partial charge in [-0.05, 0) is 42.7 Å². The second-order valence-corrected chi connectivity index (χ2v) is 5.80. The molecule has 0 bridgehead atoms. The number of Topliss-reactive ketones (excluding diaryl/α,β-unsaturated/α-hetero) is 1. The predicted molar refractivity (Wildman–Crippen MR) is 83.2 cm³/mol. The van der Waals surface area contributed by atoms with Crippen molar-refractivity contribution in [2.75, 3.05) is 5.32 Å². The van der Waals surface area contributed by atoms with Crippen LogP contribution in [0.5, 0.6) is 0 Å². The summed E-state index contributed by atoms with van der Waals surface area (Å²) in [6.07, 6.45) is 1.01. The quantitative estimate of drug-likeness (QED) is 0.894. The van der Waals surface area contributed by atoms with Crippen LogP contribution in [0.2, 0.25) is 0 Å². The number of halogens is 1. The van der Waals surface area contributed by atoms with Gasteiger partial charge in [0.05, 0.1) is 0 Å². The molecular formula is C17H15FN2O3. The highest BCUT2D eigenvalue weighted by atomic mass is 19.1. The minimum atomic E-state index is -0.632. The largest absolute Gasteiger partial charge is 0.325 e. The van der Waals surface area contributed by atoms with E-state index >= 15 is 0 Å². The van der Waals surface area contributed by atoms with E-state index < -0.39 is 17.3 Å². The summed E-state index contributed by atoms with van der Waals surface area (Å²) in [4.78, 5) is 39.1. The third-order valence-corrected chi connectivity index (χ3v) is 3.86. The van der Waals surface area contributed by atoms with E-state index in [0.717, 1.165) is 0 Å². The zero-order valence-electron chi connectivity index (χ0n) is 12.5. The number of amides is 1. The van der Waals surface area contributed by atoms with E-state index in [1.807, 2.05) is 6.92 Å². The highest BCUT2D eigenvalue weighted by Gasteiger charge is 2.25. The second-order valence-electron chi connectivity index (χ2n) is 5.80. The number of hydrogen-bond donors (Lipinski definition) is 2. The molecule has 23 heavy (non-hydrogen) atoms. The highest BCUT2D eigenvalue weighted by Crippen LogP contribution is 2.23. The molecule has 1 aliphatic carbocycles. The molecule has 1 aliphatic rings. The standard InChI is InChI=1S/C17H15FN2O3/c1-9-6-14-12(15(21)7-9)8-13(17(23)20-14)16(22)19-11-4-2-10(18)3-5-11/h2-5,8-9H,6-7H2,1H3,(H,19,22)(H,20,23)/t9-/m0/s1. The van der Waals surface area contributed by atoms with Gasteiger partial charge in [-0.25, -0.2) is 4.39 Å². The molecule has 5 nitrogen and oxygen atoms in total. The molecule has 118 valence electrons. The van der Waals surface area contributed by atoms with E-state index in [1.165, 1.54) is 30.3 Å². The average Bonchev–Trinajstić information content (AvgIpc) is 2.48. The third kappa shape index (κ3) is 3.06. The summed E-state index contributed by atoms with van der Waals surface area (Å²) in [5, 5.41) is 2.52. The summed E-state index contributed by atoms with van der Waals surface area (Å²) >= 11 is 0. The van der Waals surface area contributed by atoms with Gasteiger partial charge in [-0.2, -0.15) is 0 Å². The predicted octanol–water partition coefficient (Wildman–Crippen LogP) is 2.53. The number of hydrogen-bond acceptors (Lipinski definition) is 3. The smallest absolute Gasteiger partial charge is 0.261 e. The van der Waals surface area contributed by atoms with E-state index in [2.05, 4.69) is 10.3 Å². The van der Waals surface area contributed by atoms with Crippen molar-refractivity contribution in [1.29, 1.82) is 0 Å². The molecule has 1 heterocycles. The number of rotatable bonds is 2. The summed E-state index contributed by atoms with van der Waals surface area (Å²) in [6.45, 7) is 1.94. The number of aromatic amines is 1. The van der Waals surface area contributed by atoms with Gasteiger partial charge in [-0.3, -0.25) is 14.4 Å². The van der Waals surface area contributed by atoms with E-state index in [1.54, 1.807) is 0 Å². The summed E-state index contributed by atoms with van der Waals surface area (Å²) in [5.74, 6) is -0.961. The second kappa shape index (κ2) is 5.79. The Bertz CT molecular complexity index is 840. The van der Waals surface area contributed by atoms with E-state index in [4.69, 9.17) is 0 Å². The van der Waals surface area contributed by atoms with Crippen molar-refractivity contribution >= 4 is 17.4 Å². The SMILES string of the molecule is C[C@@H]1CC(=O)c2cc(C(=O)Nc3ccc(F)cc3)c(=O)[nH]c2C1. The van der Waals surface area contributed by atoms with Gasteiger partial charge in [0.2, 0.25) is 0 Å². The number of carbonyl (C=O) groups is 2. The number of carbonyl (C=O) groups excluding carboxylic acids is 2. The van der Waals surface area contributed by atoms with Crippen molar-refractivity contribution in [1.82, 2.24) is 4.98 Å². The molecule has 6 heteroatoms. The molecule has 1 amide bonds. The molecule has 1 atom stereocenters. The molecular weight excluding hydrogens is 299 g/mol. The number of ketones is 1. The number of nitrogens with one attached hydrogen (secondary N) is 2. The lowest BCUT2D eigenvalue weighted by Gasteiger charge is -2.20. The van der Waals surface area contributed by atoms with Gasteiger partial charge in [0.1, 0.15) is 11.4 Å².